The number of aliphatic hydroxyl groups is 1. The van der Waals surface area contributed by atoms with Crippen molar-refractivity contribution in [3.8, 4) is 0 Å². The van der Waals surface area contributed by atoms with Crippen LogP contribution in [-0.4, -0.2) is 77.5 Å². The van der Waals surface area contributed by atoms with Gasteiger partial charge in [-0.1, -0.05) is 12.1 Å². The number of hydrogen-bond donors (Lipinski definition) is 1. The Hall–Kier alpha value is -1.44. The van der Waals surface area contributed by atoms with Gasteiger partial charge in [0.25, 0.3) is 5.91 Å². The van der Waals surface area contributed by atoms with Crippen LogP contribution in [0, 0.1) is 0 Å². The lowest BCUT2D eigenvalue weighted by molar-refractivity contribution is -0.0222. The Morgan fingerprint density at radius 3 is 2.79 bits per heavy atom. The Balaban J connectivity index is 1.62. The molecule has 2 aliphatic rings. The third-order valence-corrected chi connectivity index (χ3v) is 4.91. The fraction of sp³-hybridized carbons (Fsp3) is 0.765. The van der Waals surface area contributed by atoms with E-state index in [9.17, 15) is 9.90 Å². The van der Waals surface area contributed by atoms with Crippen molar-refractivity contribution < 1.29 is 19.2 Å². The highest BCUT2D eigenvalue weighted by molar-refractivity contribution is 5.92. The number of aliphatic hydroxyl groups excluding tert-OH is 1. The Kier molecular flexibility index (Phi) is 5.86. The first-order valence-electron chi connectivity index (χ1n) is 8.93. The smallest absolute Gasteiger partial charge is 0.276 e. The molecule has 1 N–H and O–H groups in total. The van der Waals surface area contributed by atoms with Crippen LogP contribution in [0.5, 0.6) is 0 Å². The monoisotopic (exact) mass is 337 g/mol. The molecule has 0 radical (unpaired) electrons. The maximum atomic E-state index is 12.6. The molecule has 0 spiro atoms. The maximum Gasteiger partial charge on any atom is 0.276 e. The Labute approximate surface area is 142 Å². The average Bonchev–Trinajstić information content (AvgIpc) is 2.98. The fourth-order valence-corrected chi connectivity index (χ4v) is 3.55. The molecular weight excluding hydrogens is 310 g/mol. The van der Waals surface area contributed by atoms with Gasteiger partial charge in [-0.05, 0) is 19.3 Å². The Morgan fingerprint density at radius 1 is 1.29 bits per heavy atom. The van der Waals surface area contributed by atoms with Crippen molar-refractivity contribution in [3.05, 3.63) is 17.5 Å². The molecule has 2 saturated heterocycles. The molecule has 1 amide bonds. The summed E-state index contributed by atoms with van der Waals surface area (Å²) in [4.78, 5) is 16.7. The van der Waals surface area contributed by atoms with E-state index < -0.39 is 6.10 Å². The lowest BCUT2D eigenvalue weighted by Gasteiger charge is -2.36. The number of carbonyl (C=O) groups is 1. The lowest BCUT2D eigenvalue weighted by atomic mass is 10.0. The quantitative estimate of drug-likeness (QED) is 0.880. The van der Waals surface area contributed by atoms with Crippen molar-refractivity contribution in [1.82, 2.24) is 15.0 Å². The largest absolute Gasteiger partial charge is 0.391 e. The van der Waals surface area contributed by atoms with Gasteiger partial charge in [0.05, 0.1) is 19.3 Å². The summed E-state index contributed by atoms with van der Waals surface area (Å²) in [6.07, 6.45) is 2.70. The molecule has 7 heteroatoms. The normalized spacial score (nSPS) is 26.3. The molecule has 1 aromatic heterocycles. The number of carbonyl (C=O) groups excluding carboxylic acids is 1. The van der Waals surface area contributed by atoms with Crippen LogP contribution in [0.2, 0.25) is 0 Å². The summed E-state index contributed by atoms with van der Waals surface area (Å²) in [7, 11) is 0. The van der Waals surface area contributed by atoms with Gasteiger partial charge in [-0.15, -0.1) is 0 Å². The maximum absolute atomic E-state index is 12.6. The van der Waals surface area contributed by atoms with E-state index in [1.54, 1.807) is 11.0 Å². The number of morpholine rings is 1. The zero-order chi connectivity index (χ0) is 16.9. The fourth-order valence-electron chi connectivity index (χ4n) is 3.55. The van der Waals surface area contributed by atoms with Gasteiger partial charge in [0.2, 0.25) is 0 Å². The van der Waals surface area contributed by atoms with Gasteiger partial charge in [-0.3, -0.25) is 9.69 Å². The van der Waals surface area contributed by atoms with Gasteiger partial charge in [0.15, 0.2) is 5.69 Å². The summed E-state index contributed by atoms with van der Waals surface area (Å²) in [5.74, 6) is 0.651. The summed E-state index contributed by atoms with van der Waals surface area (Å²) in [6.45, 7) is 6.37. The van der Waals surface area contributed by atoms with Crippen molar-refractivity contribution in [3.63, 3.8) is 0 Å². The highest BCUT2D eigenvalue weighted by atomic mass is 16.5. The zero-order valence-corrected chi connectivity index (χ0v) is 14.3. The van der Waals surface area contributed by atoms with Crippen molar-refractivity contribution >= 4 is 5.91 Å². The van der Waals surface area contributed by atoms with Gasteiger partial charge >= 0.3 is 0 Å². The summed E-state index contributed by atoms with van der Waals surface area (Å²) in [6, 6.07) is 1.84. The second-order valence-electron chi connectivity index (χ2n) is 6.58. The van der Waals surface area contributed by atoms with Crippen molar-refractivity contribution in [2.24, 2.45) is 0 Å². The van der Waals surface area contributed by atoms with E-state index in [-0.39, 0.29) is 11.9 Å². The van der Waals surface area contributed by atoms with Crippen LogP contribution in [0.4, 0.5) is 0 Å². The number of aromatic nitrogens is 1. The molecule has 0 unspecified atom stereocenters. The predicted molar refractivity (Wildman–Crippen MR) is 87.8 cm³/mol. The standard InChI is InChI=1S/C17H27N3O4/c1-2-3-13-12-14(18-24-13)17(22)20-6-4-15(16(21)5-7-20)19-8-10-23-11-9-19/h12,15-16,21H,2-11H2,1H3/t15-,16-/m0/s1. The minimum absolute atomic E-state index is 0.0969. The van der Waals surface area contributed by atoms with Gasteiger partial charge < -0.3 is 19.3 Å². The topological polar surface area (TPSA) is 79.0 Å². The molecule has 1 aromatic rings. The molecule has 2 aliphatic heterocycles. The number of rotatable bonds is 4. The van der Waals surface area contributed by atoms with Gasteiger partial charge in [-0.2, -0.15) is 0 Å². The molecule has 0 aromatic carbocycles. The third-order valence-electron chi connectivity index (χ3n) is 4.91. The lowest BCUT2D eigenvalue weighted by Crippen LogP contribution is -2.49. The average molecular weight is 337 g/mol. The van der Waals surface area contributed by atoms with E-state index in [0.29, 0.717) is 38.4 Å². The van der Waals surface area contributed by atoms with Crippen LogP contribution in [0.15, 0.2) is 10.6 Å². The number of hydrogen-bond acceptors (Lipinski definition) is 6. The molecule has 0 saturated carbocycles. The van der Waals surface area contributed by atoms with Crippen molar-refractivity contribution in [1.29, 1.82) is 0 Å². The summed E-state index contributed by atoms with van der Waals surface area (Å²) in [5, 5.41) is 14.4. The molecule has 134 valence electrons. The molecule has 2 atom stereocenters. The van der Waals surface area contributed by atoms with Crippen LogP contribution < -0.4 is 0 Å². The van der Waals surface area contributed by atoms with Crippen LogP contribution in [-0.2, 0) is 11.2 Å². The van der Waals surface area contributed by atoms with Crippen LogP contribution in [0.3, 0.4) is 0 Å². The predicted octanol–water partition coefficient (Wildman–Crippen LogP) is 0.925. The number of ether oxygens (including phenoxy) is 1. The highest BCUT2D eigenvalue weighted by Gasteiger charge is 2.32. The van der Waals surface area contributed by atoms with Crippen LogP contribution in [0.25, 0.3) is 0 Å². The van der Waals surface area contributed by atoms with E-state index in [4.69, 9.17) is 9.26 Å². The van der Waals surface area contributed by atoms with Gasteiger partial charge in [-0.25, -0.2) is 0 Å². The van der Waals surface area contributed by atoms with Crippen LogP contribution >= 0.6 is 0 Å². The molecular formula is C17H27N3O4. The minimum Gasteiger partial charge on any atom is -0.391 e. The number of amides is 1. The van der Waals surface area contributed by atoms with E-state index >= 15 is 0 Å². The zero-order valence-electron chi connectivity index (χ0n) is 14.3. The van der Waals surface area contributed by atoms with E-state index in [1.165, 1.54) is 0 Å². The van der Waals surface area contributed by atoms with E-state index in [1.807, 2.05) is 0 Å². The first kappa shape index (κ1) is 17.4. The molecule has 3 heterocycles. The number of aryl methyl sites for hydroxylation is 1. The molecule has 0 aliphatic carbocycles. The molecule has 2 fully saturated rings. The molecule has 0 bridgehead atoms. The van der Waals surface area contributed by atoms with Crippen molar-refractivity contribution in [2.45, 2.75) is 44.8 Å². The minimum atomic E-state index is -0.408. The first-order chi connectivity index (χ1) is 11.7. The summed E-state index contributed by atoms with van der Waals surface area (Å²) in [5.41, 5.74) is 0.373. The van der Waals surface area contributed by atoms with E-state index in [0.717, 1.165) is 38.1 Å². The third kappa shape index (κ3) is 3.96. The summed E-state index contributed by atoms with van der Waals surface area (Å²) < 4.78 is 10.6. The SMILES string of the molecule is CCCc1cc(C(=O)N2CC[C@H](O)[C@@H](N3CCOCC3)CC2)no1. The van der Waals surface area contributed by atoms with Gasteiger partial charge in [0.1, 0.15) is 5.76 Å². The Morgan fingerprint density at radius 2 is 2.04 bits per heavy atom. The second-order valence-corrected chi connectivity index (χ2v) is 6.58. The molecule has 7 nitrogen and oxygen atoms in total. The Bertz CT molecular complexity index is 542. The van der Waals surface area contributed by atoms with Crippen LogP contribution in [0.1, 0.15) is 42.4 Å². The van der Waals surface area contributed by atoms with Crippen molar-refractivity contribution in [2.75, 3.05) is 39.4 Å². The summed E-state index contributed by atoms with van der Waals surface area (Å²) >= 11 is 0. The first-order valence-corrected chi connectivity index (χ1v) is 8.93. The second kappa shape index (κ2) is 8.09. The van der Waals surface area contributed by atoms with E-state index in [2.05, 4.69) is 17.0 Å². The molecule has 3 rings (SSSR count). The highest BCUT2D eigenvalue weighted by Crippen LogP contribution is 2.20. The van der Waals surface area contributed by atoms with Gasteiger partial charge in [0, 0.05) is 44.7 Å². The number of nitrogens with zero attached hydrogens (tertiary/aromatic N) is 3. The number of likely N-dealkylation sites (tertiary alicyclic amines) is 1. The molecule has 24 heavy (non-hydrogen) atoms.